The normalized spacial score (nSPS) is 9.70. The Morgan fingerprint density at radius 2 is 1.90 bits per heavy atom. The zero-order valence-electron chi connectivity index (χ0n) is 11.1. The molecule has 0 saturated carbocycles. The highest BCUT2D eigenvalue weighted by Gasteiger charge is 2.10. The van der Waals surface area contributed by atoms with Crippen molar-refractivity contribution in [1.29, 1.82) is 5.26 Å². The maximum Gasteiger partial charge on any atom is 0.145 e. The van der Waals surface area contributed by atoms with Gasteiger partial charge in [0.1, 0.15) is 17.6 Å². The molecular weight excluding hydrogens is 320 g/mol. The number of anilines is 2. The summed E-state index contributed by atoms with van der Waals surface area (Å²) in [7, 11) is 3.19. The Bertz CT molecular complexity index is 665. The van der Waals surface area contributed by atoms with Crippen molar-refractivity contribution in [3.05, 3.63) is 46.4 Å². The third-order valence-electron chi connectivity index (χ3n) is 2.80. The van der Waals surface area contributed by atoms with Crippen molar-refractivity contribution in [2.75, 3.05) is 19.5 Å². The average Bonchev–Trinajstić information content (AvgIpc) is 2.48. The summed E-state index contributed by atoms with van der Waals surface area (Å²) in [5.74, 6) is 1.36. The minimum Gasteiger partial charge on any atom is -0.497 e. The highest BCUT2D eigenvalue weighted by atomic mass is 79.9. The Hall–Kier alpha value is -2.19. The molecule has 0 amide bonds. The number of halogens is 1. The Morgan fingerprint density at radius 3 is 2.55 bits per heavy atom. The average molecular weight is 333 g/mol. The molecule has 0 fully saturated rings. The maximum atomic E-state index is 9.21. The van der Waals surface area contributed by atoms with Crippen LogP contribution in [0.1, 0.15) is 5.56 Å². The van der Waals surface area contributed by atoms with E-state index in [1.165, 1.54) is 0 Å². The monoisotopic (exact) mass is 332 g/mol. The van der Waals surface area contributed by atoms with E-state index in [2.05, 4.69) is 27.3 Å². The van der Waals surface area contributed by atoms with Gasteiger partial charge in [-0.1, -0.05) is 6.07 Å². The first kappa shape index (κ1) is 14.2. The topological polar surface area (TPSA) is 54.3 Å². The summed E-state index contributed by atoms with van der Waals surface area (Å²) in [6.45, 7) is 0. The standard InChI is InChI=1S/C15H13BrN2O2/c1-19-10-6-7-14(15(8-10)20-2)18-13-5-3-4-12(16)11(13)9-17/h3-8,18H,1-2H3. The van der Waals surface area contributed by atoms with Gasteiger partial charge in [-0.25, -0.2) is 0 Å². The summed E-state index contributed by atoms with van der Waals surface area (Å²) < 4.78 is 11.2. The van der Waals surface area contributed by atoms with Crippen LogP contribution in [0.3, 0.4) is 0 Å². The van der Waals surface area contributed by atoms with E-state index in [0.29, 0.717) is 22.7 Å². The van der Waals surface area contributed by atoms with Crippen LogP contribution in [0, 0.1) is 11.3 Å². The summed E-state index contributed by atoms with van der Waals surface area (Å²) in [5.41, 5.74) is 2.03. The smallest absolute Gasteiger partial charge is 0.145 e. The second-order valence-electron chi connectivity index (χ2n) is 3.97. The molecule has 2 aromatic carbocycles. The molecule has 0 atom stereocenters. The summed E-state index contributed by atoms with van der Waals surface area (Å²) in [4.78, 5) is 0. The number of methoxy groups -OCH3 is 2. The molecule has 0 unspecified atom stereocenters. The number of benzene rings is 2. The second kappa shape index (κ2) is 6.31. The number of hydrogen-bond donors (Lipinski definition) is 1. The van der Waals surface area contributed by atoms with Crippen LogP contribution in [0.4, 0.5) is 11.4 Å². The van der Waals surface area contributed by atoms with E-state index in [0.717, 1.165) is 10.2 Å². The first-order valence-electron chi connectivity index (χ1n) is 5.87. The lowest BCUT2D eigenvalue weighted by atomic mass is 10.2. The van der Waals surface area contributed by atoms with Crippen LogP contribution < -0.4 is 14.8 Å². The van der Waals surface area contributed by atoms with Crippen molar-refractivity contribution >= 4 is 27.3 Å². The Balaban J connectivity index is 2.40. The number of hydrogen-bond acceptors (Lipinski definition) is 4. The highest BCUT2D eigenvalue weighted by Crippen LogP contribution is 2.33. The van der Waals surface area contributed by atoms with Gasteiger partial charge in [-0.2, -0.15) is 5.26 Å². The summed E-state index contributed by atoms with van der Waals surface area (Å²) in [5, 5.41) is 12.4. The molecule has 1 N–H and O–H groups in total. The molecule has 0 radical (unpaired) electrons. The van der Waals surface area contributed by atoms with E-state index in [-0.39, 0.29) is 0 Å². The van der Waals surface area contributed by atoms with Gasteiger partial charge in [0.25, 0.3) is 0 Å². The van der Waals surface area contributed by atoms with Crippen LogP contribution >= 0.6 is 15.9 Å². The largest absolute Gasteiger partial charge is 0.497 e. The Kier molecular flexibility index (Phi) is 4.49. The Morgan fingerprint density at radius 1 is 1.10 bits per heavy atom. The zero-order valence-corrected chi connectivity index (χ0v) is 12.7. The fraction of sp³-hybridized carbons (Fsp3) is 0.133. The van der Waals surface area contributed by atoms with E-state index in [1.807, 2.05) is 30.3 Å². The number of rotatable bonds is 4. The van der Waals surface area contributed by atoms with Crippen LogP contribution in [-0.2, 0) is 0 Å². The van der Waals surface area contributed by atoms with E-state index >= 15 is 0 Å². The molecular formula is C15H13BrN2O2. The first-order valence-corrected chi connectivity index (χ1v) is 6.66. The molecule has 102 valence electrons. The van der Waals surface area contributed by atoms with Gasteiger partial charge in [0.05, 0.1) is 31.2 Å². The molecule has 20 heavy (non-hydrogen) atoms. The molecule has 0 heterocycles. The first-order chi connectivity index (χ1) is 9.69. The van der Waals surface area contributed by atoms with Crippen molar-refractivity contribution in [3.63, 3.8) is 0 Å². The number of nitrogens with one attached hydrogen (secondary N) is 1. The molecule has 0 aliphatic rings. The highest BCUT2D eigenvalue weighted by molar-refractivity contribution is 9.10. The SMILES string of the molecule is COc1ccc(Nc2cccc(Br)c2C#N)c(OC)c1. The number of nitriles is 1. The fourth-order valence-corrected chi connectivity index (χ4v) is 2.24. The van der Waals surface area contributed by atoms with Crippen LogP contribution in [0.25, 0.3) is 0 Å². The number of nitrogens with zero attached hydrogens (tertiary/aromatic N) is 1. The van der Waals surface area contributed by atoms with Gasteiger partial charge in [-0.3, -0.25) is 0 Å². The predicted octanol–water partition coefficient (Wildman–Crippen LogP) is 4.08. The third-order valence-corrected chi connectivity index (χ3v) is 3.46. The van der Waals surface area contributed by atoms with Crippen LogP contribution in [0.5, 0.6) is 11.5 Å². The predicted molar refractivity (Wildman–Crippen MR) is 81.7 cm³/mol. The van der Waals surface area contributed by atoms with Gasteiger partial charge in [0.15, 0.2) is 0 Å². The van der Waals surface area contributed by atoms with E-state index in [4.69, 9.17) is 9.47 Å². The molecule has 0 aromatic heterocycles. The summed E-state index contributed by atoms with van der Waals surface area (Å²) in [6.07, 6.45) is 0. The van der Waals surface area contributed by atoms with Crippen LogP contribution in [-0.4, -0.2) is 14.2 Å². The summed E-state index contributed by atoms with van der Waals surface area (Å²) >= 11 is 3.37. The third kappa shape index (κ3) is 2.86. The second-order valence-corrected chi connectivity index (χ2v) is 4.82. The lowest BCUT2D eigenvalue weighted by Gasteiger charge is -2.13. The van der Waals surface area contributed by atoms with Gasteiger partial charge in [-0.05, 0) is 40.2 Å². The molecule has 5 heteroatoms. The number of ether oxygens (including phenoxy) is 2. The Labute approximate surface area is 126 Å². The van der Waals surface area contributed by atoms with Gasteiger partial charge in [0.2, 0.25) is 0 Å². The molecule has 2 rings (SSSR count). The van der Waals surface area contributed by atoms with Crippen molar-refractivity contribution < 1.29 is 9.47 Å². The molecule has 0 saturated heterocycles. The summed E-state index contributed by atoms with van der Waals surface area (Å²) in [6, 6.07) is 13.2. The van der Waals surface area contributed by atoms with E-state index in [9.17, 15) is 5.26 Å². The molecule has 0 aliphatic heterocycles. The zero-order chi connectivity index (χ0) is 14.5. The van der Waals surface area contributed by atoms with Crippen LogP contribution in [0.2, 0.25) is 0 Å². The van der Waals surface area contributed by atoms with Crippen LogP contribution in [0.15, 0.2) is 40.9 Å². The van der Waals surface area contributed by atoms with Gasteiger partial charge in [-0.15, -0.1) is 0 Å². The van der Waals surface area contributed by atoms with Gasteiger partial charge >= 0.3 is 0 Å². The minimum absolute atomic E-state index is 0.547. The van der Waals surface area contributed by atoms with Gasteiger partial charge < -0.3 is 14.8 Å². The van der Waals surface area contributed by atoms with Crippen molar-refractivity contribution in [2.45, 2.75) is 0 Å². The van der Waals surface area contributed by atoms with Crippen molar-refractivity contribution in [3.8, 4) is 17.6 Å². The quantitative estimate of drug-likeness (QED) is 0.916. The maximum absolute atomic E-state index is 9.21. The van der Waals surface area contributed by atoms with Crippen molar-refractivity contribution in [2.24, 2.45) is 0 Å². The van der Waals surface area contributed by atoms with Gasteiger partial charge in [0, 0.05) is 10.5 Å². The van der Waals surface area contributed by atoms with E-state index < -0.39 is 0 Å². The molecule has 0 spiro atoms. The molecule has 0 aliphatic carbocycles. The lowest BCUT2D eigenvalue weighted by molar-refractivity contribution is 0.395. The lowest BCUT2D eigenvalue weighted by Crippen LogP contribution is -1.97. The fourth-order valence-electron chi connectivity index (χ4n) is 1.79. The molecule has 2 aromatic rings. The van der Waals surface area contributed by atoms with Crippen molar-refractivity contribution in [1.82, 2.24) is 0 Å². The minimum atomic E-state index is 0.547. The van der Waals surface area contributed by atoms with E-state index in [1.54, 1.807) is 20.3 Å². The molecule has 0 bridgehead atoms. The molecule has 4 nitrogen and oxygen atoms in total.